The second kappa shape index (κ2) is 5.87. The van der Waals surface area contributed by atoms with Crippen molar-refractivity contribution in [2.45, 2.75) is 13.3 Å². The van der Waals surface area contributed by atoms with Crippen LogP contribution in [0.15, 0.2) is 42.5 Å². The molecule has 108 valence electrons. The summed E-state index contributed by atoms with van der Waals surface area (Å²) >= 11 is 0. The van der Waals surface area contributed by atoms with Gasteiger partial charge in [0, 0.05) is 0 Å². The van der Waals surface area contributed by atoms with Gasteiger partial charge in [0.05, 0.1) is 12.2 Å². The van der Waals surface area contributed by atoms with Gasteiger partial charge in [0.15, 0.2) is 11.5 Å². The molecule has 2 aromatic carbocycles. The maximum atomic E-state index is 11.7. The normalized spacial score (nSPS) is 12.2. The lowest BCUT2D eigenvalue weighted by molar-refractivity contribution is 0.0526. The van der Waals surface area contributed by atoms with Crippen molar-refractivity contribution in [2.75, 3.05) is 13.4 Å². The minimum Gasteiger partial charge on any atom is -0.462 e. The molecule has 0 aromatic heterocycles. The van der Waals surface area contributed by atoms with Crippen LogP contribution >= 0.6 is 0 Å². The lowest BCUT2D eigenvalue weighted by Crippen LogP contribution is -2.05. The molecule has 0 saturated heterocycles. The molecule has 3 rings (SSSR count). The highest BCUT2D eigenvalue weighted by atomic mass is 16.7. The molecule has 0 radical (unpaired) electrons. The van der Waals surface area contributed by atoms with Crippen LogP contribution in [-0.2, 0) is 11.2 Å². The Morgan fingerprint density at radius 3 is 2.76 bits per heavy atom. The van der Waals surface area contributed by atoms with Crippen molar-refractivity contribution in [3.8, 4) is 11.5 Å². The molecular formula is C17H16O4. The van der Waals surface area contributed by atoms with Gasteiger partial charge < -0.3 is 14.2 Å². The van der Waals surface area contributed by atoms with Crippen LogP contribution in [0.3, 0.4) is 0 Å². The molecule has 1 aliphatic rings. The molecule has 2 aromatic rings. The van der Waals surface area contributed by atoms with Crippen LogP contribution in [0.5, 0.6) is 11.5 Å². The van der Waals surface area contributed by atoms with Crippen molar-refractivity contribution in [3.05, 3.63) is 59.2 Å². The van der Waals surface area contributed by atoms with E-state index in [0.717, 1.165) is 29.0 Å². The summed E-state index contributed by atoms with van der Waals surface area (Å²) in [6, 6.07) is 13.4. The van der Waals surface area contributed by atoms with E-state index in [1.165, 1.54) is 0 Å². The third kappa shape index (κ3) is 2.99. The quantitative estimate of drug-likeness (QED) is 0.809. The molecule has 21 heavy (non-hydrogen) atoms. The summed E-state index contributed by atoms with van der Waals surface area (Å²) in [7, 11) is 0. The zero-order chi connectivity index (χ0) is 14.7. The van der Waals surface area contributed by atoms with E-state index in [0.29, 0.717) is 12.2 Å². The van der Waals surface area contributed by atoms with Gasteiger partial charge in [-0.1, -0.05) is 18.2 Å². The summed E-state index contributed by atoms with van der Waals surface area (Å²) in [5, 5.41) is 0. The molecule has 0 saturated carbocycles. The van der Waals surface area contributed by atoms with Gasteiger partial charge in [-0.05, 0) is 48.7 Å². The lowest BCUT2D eigenvalue weighted by atomic mass is 10.0. The summed E-state index contributed by atoms with van der Waals surface area (Å²) in [5.41, 5.74) is 2.75. The number of benzene rings is 2. The first-order valence-electron chi connectivity index (χ1n) is 6.91. The van der Waals surface area contributed by atoms with Gasteiger partial charge in [0.1, 0.15) is 0 Å². The highest BCUT2D eigenvalue weighted by Gasteiger charge is 2.13. The maximum Gasteiger partial charge on any atom is 0.338 e. The van der Waals surface area contributed by atoms with Crippen LogP contribution in [0.2, 0.25) is 0 Å². The number of carbonyl (C=O) groups is 1. The van der Waals surface area contributed by atoms with Crippen LogP contribution in [0, 0.1) is 0 Å². The van der Waals surface area contributed by atoms with Gasteiger partial charge in [0.25, 0.3) is 0 Å². The van der Waals surface area contributed by atoms with Crippen LogP contribution in [0.4, 0.5) is 0 Å². The Bertz CT molecular complexity index is 664. The molecule has 0 N–H and O–H groups in total. The van der Waals surface area contributed by atoms with Gasteiger partial charge in [-0.2, -0.15) is 0 Å². The number of hydrogen-bond donors (Lipinski definition) is 0. The van der Waals surface area contributed by atoms with Gasteiger partial charge in [-0.3, -0.25) is 0 Å². The number of carbonyl (C=O) groups excluding carboxylic acids is 1. The predicted octanol–water partition coefficient (Wildman–Crippen LogP) is 3.18. The zero-order valence-corrected chi connectivity index (χ0v) is 11.8. The highest BCUT2D eigenvalue weighted by molar-refractivity contribution is 5.89. The first kappa shape index (κ1) is 13.5. The molecule has 0 aliphatic carbocycles. The van der Waals surface area contributed by atoms with Crippen molar-refractivity contribution in [3.63, 3.8) is 0 Å². The first-order valence-corrected chi connectivity index (χ1v) is 6.91. The third-order valence-corrected chi connectivity index (χ3v) is 3.28. The van der Waals surface area contributed by atoms with Crippen molar-refractivity contribution < 1.29 is 19.0 Å². The largest absolute Gasteiger partial charge is 0.462 e. The summed E-state index contributed by atoms with van der Waals surface area (Å²) in [6.45, 7) is 2.46. The monoisotopic (exact) mass is 284 g/mol. The first-order chi connectivity index (χ1) is 10.3. The molecular weight excluding hydrogens is 268 g/mol. The van der Waals surface area contributed by atoms with Crippen molar-refractivity contribution >= 4 is 5.97 Å². The average molecular weight is 284 g/mol. The Labute approximate surface area is 123 Å². The summed E-state index contributed by atoms with van der Waals surface area (Å²) in [6.07, 6.45) is 0.726. The van der Waals surface area contributed by atoms with Crippen LogP contribution in [0.25, 0.3) is 0 Å². The predicted molar refractivity (Wildman–Crippen MR) is 77.8 cm³/mol. The molecule has 0 amide bonds. The van der Waals surface area contributed by atoms with Crippen LogP contribution in [0.1, 0.15) is 28.4 Å². The molecule has 4 nitrogen and oxygen atoms in total. The van der Waals surface area contributed by atoms with Gasteiger partial charge >= 0.3 is 5.97 Å². The fraction of sp³-hybridized carbons (Fsp3) is 0.235. The number of ether oxygens (including phenoxy) is 3. The molecule has 0 spiro atoms. The number of esters is 1. The lowest BCUT2D eigenvalue weighted by Gasteiger charge is -2.06. The Morgan fingerprint density at radius 2 is 1.90 bits per heavy atom. The second-order valence-electron chi connectivity index (χ2n) is 4.79. The Morgan fingerprint density at radius 1 is 1.10 bits per heavy atom. The molecule has 0 fully saturated rings. The minimum atomic E-state index is -0.287. The average Bonchev–Trinajstić information content (AvgIpc) is 2.95. The number of rotatable bonds is 4. The maximum absolute atomic E-state index is 11.7. The summed E-state index contributed by atoms with van der Waals surface area (Å²) in [5.74, 6) is 1.26. The van der Waals surface area contributed by atoms with Crippen molar-refractivity contribution in [1.29, 1.82) is 0 Å². The standard InChI is InChI=1S/C17H16O4/c1-2-19-17(18)14-5-3-4-12(9-14)8-13-6-7-15-16(10-13)21-11-20-15/h3-7,9-10H,2,8,11H2,1H3. The molecule has 0 bridgehead atoms. The Balaban J connectivity index is 1.78. The van der Waals surface area contributed by atoms with E-state index in [9.17, 15) is 4.79 Å². The van der Waals surface area contributed by atoms with E-state index < -0.39 is 0 Å². The van der Waals surface area contributed by atoms with Crippen molar-refractivity contribution in [1.82, 2.24) is 0 Å². The van der Waals surface area contributed by atoms with E-state index >= 15 is 0 Å². The SMILES string of the molecule is CCOC(=O)c1cccc(Cc2ccc3c(c2)OCO3)c1. The van der Waals surface area contributed by atoms with Crippen LogP contribution in [-0.4, -0.2) is 19.4 Å². The highest BCUT2D eigenvalue weighted by Crippen LogP contribution is 2.33. The van der Waals surface area contributed by atoms with Gasteiger partial charge in [0.2, 0.25) is 6.79 Å². The summed E-state index contributed by atoms with van der Waals surface area (Å²) < 4.78 is 15.7. The Hall–Kier alpha value is -2.49. The van der Waals surface area contributed by atoms with Gasteiger partial charge in [-0.25, -0.2) is 4.79 Å². The van der Waals surface area contributed by atoms with E-state index in [-0.39, 0.29) is 12.8 Å². The van der Waals surface area contributed by atoms with E-state index in [1.54, 1.807) is 13.0 Å². The number of fused-ring (bicyclic) bond motifs is 1. The number of hydrogen-bond acceptors (Lipinski definition) is 4. The van der Waals surface area contributed by atoms with Gasteiger partial charge in [-0.15, -0.1) is 0 Å². The smallest absolute Gasteiger partial charge is 0.338 e. The molecule has 1 aliphatic heterocycles. The molecule has 1 heterocycles. The fourth-order valence-electron chi connectivity index (χ4n) is 2.31. The zero-order valence-electron chi connectivity index (χ0n) is 11.8. The third-order valence-electron chi connectivity index (χ3n) is 3.28. The molecule has 0 atom stereocenters. The minimum absolute atomic E-state index is 0.275. The fourth-order valence-corrected chi connectivity index (χ4v) is 2.31. The Kier molecular flexibility index (Phi) is 3.77. The molecule has 0 unspecified atom stereocenters. The second-order valence-corrected chi connectivity index (χ2v) is 4.79. The molecule has 4 heteroatoms. The van der Waals surface area contributed by atoms with E-state index in [2.05, 4.69) is 0 Å². The van der Waals surface area contributed by atoms with Crippen molar-refractivity contribution in [2.24, 2.45) is 0 Å². The summed E-state index contributed by atoms with van der Waals surface area (Å²) in [4.78, 5) is 11.7. The van der Waals surface area contributed by atoms with Crippen LogP contribution < -0.4 is 9.47 Å². The van der Waals surface area contributed by atoms with E-state index in [4.69, 9.17) is 14.2 Å². The van der Waals surface area contributed by atoms with E-state index in [1.807, 2.05) is 36.4 Å². The topological polar surface area (TPSA) is 44.8 Å².